The third-order valence-electron chi connectivity index (χ3n) is 2.95. The van der Waals surface area contributed by atoms with Crippen molar-refractivity contribution in [1.29, 1.82) is 0 Å². The summed E-state index contributed by atoms with van der Waals surface area (Å²) in [4.78, 5) is 4.83. The maximum atomic E-state index is 11.2. The molecule has 2 rings (SSSR count). The van der Waals surface area contributed by atoms with Crippen LogP contribution in [0.25, 0.3) is 0 Å². The van der Waals surface area contributed by atoms with Gasteiger partial charge in [-0.05, 0) is 30.6 Å². The van der Waals surface area contributed by atoms with E-state index in [1.54, 1.807) is 6.26 Å². The summed E-state index contributed by atoms with van der Waals surface area (Å²) >= 11 is 2.22. The first-order valence-electron chi connectivity index (χ1n) is 5.92. The zero-order valence-corrected chi connectivity index (χ0v) is 13.1. The van der Waals surface area contributed by atoms with Gasteiger partial charge in [0.15, 0.2) is 0 Å². The van der Waals surface area contributed by atoms with Gasteiger partial charge in [0.1, 0.15) is 0 Å². The summed E-state index contributed by atoms with van der Waals surface area (Å²) in [5.74, 6) is 0. The molecule has 1 aromatic heterocycles. The summed E-state index contributed by atoms with van der Waals surface area (Å²) < 4.78 is 36.1. The Bertz CT molecular complexity index is 535. The lowest BCUT2D eigenvalue weighted by molar-refractivity contribution is -0.0778. The van der Waals surface area contributed by atoms with Gasteiger partial charge >= 0.3 is 5.19 Å². The molecule has 0 aliphatic heterocycles. The normalized spacial score (nSPS) is 23.5. The molecule has 0 spiro atoms. The molecule has 11 heteroatoms. The van der Waals surface area contributed by atoms with E-state index < -0.39 is 15.4 Å². The van der Waals surface area contributed by atoms with Crippen LogP contribution in [0, 0.1) is 0 Å². The number of anilines is 1. The molecular weight excluding hydrogens is 326 g/mol. The van der Waals surface area contributed by atoms with Gasteiger partial charge in [0.2, 0.25) is 5.13 Å². The molecule has 2 N–H and O–H groups in total. The van der Waals surface area contributed by atoms with Gasteiger partial charge in [0.25, 0.3) is 10.1 Å². The van der Waals surface area contributed by atoms with Gasteiger partial charge in [-0.3, -0.25) is 9.44 Å². The predicted octanol–water partition coefficient (Wildman–Crippen LogP) is 1.74. The Morgan fingerprint density at radius 1 is 1.45 bits per heavy atom. The lowest BCUT2D eigenvalue weighted by atomic mass is 9.95. The Labute approximate surface area is 125 Å². The van der Waals surface area contributed by atoms with Gasteiger partial charge in [-0.15, -0.1) is 9.43 Å². The number of nitrogens with one attached hydrogen (secondary N) is 1. The summed E-state index contributed by atoms with van der Waals surface area (Å²) in [6, 6.07) is -0.0575. The summed E-state index contributed by atoms with van der Waals surface area (Å²) in [5, 5.41) is 10.8. The van der Waals surface area contributed by atoms with Crippen LogP contribution in [0.15, 0.2) is 0 Å². The van der Waals surface area contributed by atoms with Crippen LogP contribution in [0.4, 0.5) is 5.13 Å². The molecule has 1 heterocycles. The molecule has 0 saturated heterocycles. The van der Waals surface area contributed by atoms with Gasteiger partial charge < -0.3 is 5.32 Å². The highest BCUT2D eigenvalue weighted by molar-refractivity contribution is 7.93. The molecular formula is C9H15N3O5S3. The van der Waals surface area contributed by atoms with E-state index >= 15 is 0 Å². The Morgan fingerprint density at radius 2 is 2.25 bits per heavy atom. The van der Waals surface area contributed by atoms with E-state index in [9.17, 15) is 8.42 Å². The lowest BCUT2D eigenvalue weighted by Crippen LogP contribution is -2.34. The summed E-state index contributed by atoms with van der Waals surface area (Å²) in [6.07, 6.45) is 4.11. The Balaban J connectivity index is 1.91. The van der Waals surface area contributed by atoms with Crippen LogP contribution in [0.3, 0.4) is 0 Å². The second kappa shape index (κ2) is 6.89. The quantitative estimate of drug-likeness (QED) is 0.346. The number of hydrogen-bond acceptors (Lipinski definition) is 9. The first-order chi connectivity index (χ1) is 9.49. The van der Waals surface area contributed by atoms with Crippen molar-refractivity contribution < 1.29 is 22.2 Å². The predicted molar refractivity (Wildman–Crippen MR) is 76.4 cm³/mol. The van der Waals surface area contributed by atoms with Crippen LogP contribution >= 0.6 is 23.4 Å². The molecule has 2 atom stereocenters. The van der Waals surface area contributed by atoms with Gasteiger partial charge in [0, 0.05) is 24.3 Å². The second-order valence-electron chi connectivity index (χ2n) is 4.34. The molecule has 1 aliphatic carbocycles. The highest BCUT2D eigenvalue weighted by atomic mass is 32.2. The molecule has 2 unspecified atom stereocenters. The molecule has 1 aliphatic rings. The van der Waals surface area contributed by atoms with Crippen molar-refractivity contribution in [2.45, 2.75) is 37.0 Å². The average molecular weight is 341 g/mol. The maximum Gasteiger partial charge on any atom is 0.336 e. The fourth-order valence-corrected chi connectivity index (χ4v) is 3.82. The van der Waals surface area contributed by atoms with E-state index in [4.69, 9.17) is 9.44 Å². The van der Waals surface area contributed by atoms with E-state index in [1.807, 2.05) is 0 Å². The Kier molecular flexibility index (Phi) is 5.43. The smallest absolute Gasteiger partial charge is 0.336 e. The largest absolute Gasteiger partial charge is 0.357 e. The highest BCUT2D eigenvalue weighted by Gasteiger charge is 2.30. The summed E-state index contributed by atoms with van der Waals surface area (Å²) in [6.45, 7) is 0. The van der Waals surface area contributed by atoms with Crippen LogP contribution in [-0.4, -0.2) is 40.7 Å². The van der Waals surface area contributed by atoms with Crippen molar-refractivity contribution in [2.75, 3.05) is 11.6 Å². The number of rotatable bonds is 6. The van der Waals surface area contributed by atoms with Crippen molar-refractivity contribution >= 4 is 38.6 Å². The van der Waals surface area contributed by atoms with E-state index in [2.05, 4.69) is 19.8 Å². The minimum Gasteiger partial charge on any atom is -0.357 e. The highest BCUT2D eigenvalue weighted by Crippen LogP contribution is 2.29. The fourth-order valence-electron chi connectivity index (χ4n) is 2.09. The van der Waals surface area contributed by atoms with E-state index in [-0.39, 0.29) is 11.2 Å². The molecule has 20 heavy (non-hydrogen) atoms. The molecule has 0 bridgehead atoms. The first kappa shape index (κ1) is 15.8. The molecule has 1 aromatic rings. The Hall–Kier alpha value is -0.620. The van der Waals surface area contributed by atoms with Gasteiger partial charge in [-0.2, -0.15) is 8.42 Å². The van der Waals surface area contributed by atoms with Gasteiger partial charge in [0.05, 0.1) is 5.25 Å². The molecule has 0 aromatic carbocycles. The third kappa shape index (κ3) is 4.45. The topological polar surface area (TPSA) is 111 Å². The molecule has 1 fully saturated rings. The van der Waals surface area contributed by atoms with Gasteiger partial charge in [-0.25, -0.2) is 0 Å². The maximum absolute atomic E-state index is 11.2. The third-order valence-corrected chi connectivity index (χ3v) is 5.15. The summed E-state index contributed by atoms with van der Waals surface area (Å²) in [5.41, 5.74) is 0. The zero-order valence-electron chi connectivity index (χ0n) is 10.7. The van der Waals surface area contributed by atoms with Crippen LogP contribution in [-0.2, 0) is 14.5 Å². The standard InChI is InChI=1S/C9H15N3O5S3/c1-18-17-16-9-12-11-8(19-9)10-6-3-2-4-7(5-6)20(13,14)15/h6-7H,2-5H2,1H3,(H,10,11)(H,13,14,15). The minimum atomic E-state index is -3.98. The molecule has 0 radical (unpaired) electrons. The molecule has 0 amide bonds. The molecule has 8 nitrogen and oxygen atoms in total. The number of nitrogens with zero attached hydrogens (tertiary/aromatic N) is 2. The monoisotopic (exact) mass is 341 g/mol. The molecule has 114 valence electrons. The van der Waals surface area contributed by atoms with E-state index in [1.165, 1.54) is 11.3 Å². The van der Waals surface area contributed by atoms with Crippen molar-refractivity contribution in [3.63, 3.8) is 0 Å². The lowest BCUT2D eigenvalue weighted by Gasteiger charge is -2.27. The SMILES string of the molecule is CSOOc1nnc(NC2CCCC(S(=O)(=O)O)C2)s1. The van der Waals surface area contributed by atoms with Crippen molar-refractivity contribution in [3.05, 3.63) is 0 Å². The first-order valence-corrected chi connectivity index (χ1v) is 9.39. The minimum absolute atomic E-state index is 0.0575. The average Bonchev–Trinajstić information content (AvgIpc) is 2.83. The van der Waals surface area contributed by atoms with Gasteiger partial charge in [-0.1, -0.05) is 11.5 Å². The second-order valence-corrected chi connectivity index (χ2v) is 7.44. The van der Waals surface area contributed by atoms with Crippen LogP contribution in [0.5, 0.6) is 5.19 Å². The number of hydrogen-bond donors (Lipinski definition) is 2. The van der Waals surface area contributed by atoms with Crippen LogP contribution in [0.1, 0.15) is 25.7 Å². The van der Waals surface area contributed by atoms with Crippen molar-refractivity contribution in [2.24, 2.45) is 0 Å². The van der Waals surface area contributed by atoms with Crippen molar-refractivity contribution in [3.8, 4) is 5.19 Å². The number of aromatic nitrogens is 2. The van der Waals surface area contributed by atoms with Crippen LogP contribution in [0.2, 0.25) is 0 Å². The van der Waals surface area contributed by atoms with E-state index in [0.717, 1.165) is 24.9 Å². The summed E-state index contributed by atoms with van der Waals surface area (Å²) in [7, 11) is -3.98. The van der Waals surface area contributed by atoms with Crippen LogP contribution < -0.4 is 10.2 Å². The fraction of sp³-hybridized carbons (Fsp3) is 0.778. The molecule has 1 saturated carbocycles. The zero-order chi connectivity index (χ0) is 14.6. The Morgan fingerprint density at radius 3 is 2.95 bits per heavy atom. The van der Waals surface area contributed by atoms with Crippen molar-refractivity contribution in [1.82, 2.24) is 10.2 Å². The van der Waals surface area contributed by atoms with E-state index in [0.29, 0.717) is 18.0 Å².